The summed E-state index contributed by atoms with van der Waals surface area (Å²) in [5, 5.41) is 10.2. The molecule has 4 heteroatoms. The Balaban J connectivity index is 1.80. The molecule has 0 aromatic heterocycles. The summed E-state index contributed by atoms with van der Waals surface area (Å²) < 4.78 is 18.6. The number of rotatable bonds is 1. The molecule has 4 nitrogen and oxygen atoms in total. The van der Waals surface area contributed by atoms with Crippen molar-refractivity contribution < 1.29 is 19.3 Å². The highest BCUT2D eigenvalue weighted by molar-refractivity contribution is 5.43. The van der Waals surface area contributed by atoms with Crippen molar-refractivity contribution >= 4 is 0 Å². The van der Waals surface area contributed by atoms with Gasteiger partial charge in [0.1, 0.15) is 17.6 Å². The maximum Gasteiger partial charge on any atom is 0.203 e. The van der Waals surface area contributed by atoms with Crippen LogP contribution in [0.4, 0.5) is 0 Å². The van der Waals surface area contributed by atoms with E-state index >= 15 is 0 Å². The lowest BCUT2D eigenvalue weighted by Crippen LogP contribution is -2.36. The van der Waals surface area contributed by atoms with Gasteiger partial charge in [0.25, 0.3) is 0 Å². The Morgan fingerprint density at radius 2 is 1.61 bits per heavy atom. The average molecular weight is 312 g/mol. The molecule has 0 aliphatic carbocycles. The first-order valence-electron chi connectivity index (χ1n) is 7.99. The molecule has 3 unspecified atom stereocenters. The largest absolute Gasteiger partial charge is 0.508 e. The number of hydrogen-bond acceptors (Lipinski definition) is 4. The summed E-state index contributed by atoms with van der Waals surface area (Å²) in [6.07, 6.45) is 0.206. The maximum atomic E-state index is 10.2. The van der Waals surface area contributed by atoms with Crippen molar-refractivity contribution in [1.29, 1.82) is 0 Å². The molecular formula is C19H20O4. The van der Waals surface area contributed by atoms with Crippen molar-refractivity contribution in [1.82, 2.24) is 0 Å². The number of para-hydroxylation sites is 2. The van der Waals surface area contributed by atoms with Gasteiger partial charge in [0.2, 0.25) is 5.79 Å². The van der Waals surface area contributed by atoms with Crippen LogP contribution in [-0.2, 0) is 15.3 Å². The molecule has 1 N–H and O–H groups in total. The molecule has 4 rings (SSSR count). The molecule has 0 amide bonds. The van der Waals surface area contributed by atoms with E-state index in [0.717, 1.165) is 16.9 Å². The van der Waals surface area contributed by atoms with Crippen LogP contribution in [0.3, 0.4) is 0 Å². The average Bonchev–Trinajstić information content (AvgIpc) is 2.82. The molecule has 2 aliphatic rings. The molecule has 23 heavy (non-hydrogen) atoms. The number of phenolic OH excluding ortho intramolecular Hbond substituents is 1. The molecule has 0 radical (unpaired) electrons. The van der Waals surface area contributed by atoms with Gasteiger partial charge in [-0.3, -0.25) is 0 Å². The molecule has 1 fully saturated rings. The summed E-state index contributed by atoms with van der Waals surface area (Å²) in [6.45, 7) is 4.04. The molecular weight excluding hydrogens is 292 g/mol. The number of aromatic hydroxyl groups is 1. The van der Waals surface area contributed by atoms with Crippen LogP contribution in [0.25, 0.3) is 0 Å². The molecule has 120 valence electrons. The van der Waals surface area contributed by atoms with Gasteiger partial charge in [0, 0.05) is 12.0 Å². The Morgan fingerprint density at radius 1 is 0.957 bits per heavy atom. The molecule has 1 saturated heterocycles. The molecule has 2 aliphatic heterocycles. The Hall–Kier alpha value is -2.04. The zero-order valence-corrected chi connectivity index (χ0v) is 13.2. The first-order chi connectivity index (χ1) is 11.1. The van der Waals surface area contributed by atoms with Crippen LogP contribution in [0.15, 0.2) is 48.5 Å². The summed E-state index contributed by atoms with van der Waals surface area (Å²) in [7, 11) is 0. The minimum atomic E-state index is -0.819. The van der Waals surface area contributed by atoms with Gasteiger partial charge >= 0.3 is 0 Å². The Kier molecular flexibility index (Phi) is 3.32. The van der Waals surface area contributed by atoms with Gasteiger partial charge in [-0.05, 0) is 32.0 Å². The molecule has 2 aromatic rings. The second kappa shape index (κ2) is 5.25. The van der Waals surface area contributed by atoms with Crippen molar-refractivity contribution in [3.8, 4) is 11.5 Å². The molecule has 0 bridgehead atoms. The van der Waals surface area contributed by atoms with E-state index in [2.05, 4.69) is 0 Å². The van der Waals surface area contributed by atoms with Crippen LogP contribution in [0, 0.1) is 0 Å². The fourth-order valence-electron chi connectivity index (χ4n) is 3.41. The highest BCUT2D eigenvalue weighted by Gasteiger charge is 2.51. The number of fused-ring (bicyclic) bond motifs is 2. The first kappa shape index (κ1) is 14.5. The van der Waals surface area contributed by atoms with Gasteiger partial charge in [-0.15, -0.1) is 0 Å². The Bertz CT molecular complexity index is 717. The Morgan fingerprint density at radius 3 is 2.35 bits per heavy atom. The van der Waals surface area contributed by atoms with Gasteiger partial charge in [0.15, 0.2) is 0 Å². The topological polar surface area (TPSA) is 47.9 Å². The predicted octanol–water partition coefficient (Wildman–Crippen LogP) is 3.89. The monoisotopic (exact) mass is 312 g/mol. The second-order valence-electron chi connectivity index (χ2n) is 6.26. The number of hydrogen-bond donors (Lipinski definition) is 1. The van der Waals surface area contributed by atoms with E-state index in [9.17, 15) is 5.11 Å². The Labute approximate surface area is 135 Å². The third kappa shape index (κ3) is 2.30. The van der Waals surface area contributed by atoms with Crippen LogP contribution >= 0.6 is 0 Å². The van der Waals surface area contributed by atoms with Crippen molar-refractivity contribution in [3.63, 3.8) is 0 Å². The van der Waals surface area contributed by atoms with Crippen molar-refractivity contribution in [3.05, 3.63) is 59.7 Å². The van der Waals surface area contributed by atoms with Crippen molar-refractivity contribution in [2.45, 2.75) is 44.4 Å². The van der Waals surface area contributed by atoms with E-state index in [1.165, 1.54) is 0 Å². The van der Waals surface area contributed by atoms with E-state index in [-0.39, 0.29) is 24.1 Å². The lowest BCUT2D eigenvalue weighted by atomic mass is 9.91. The summed E-state index contributed by atoms with van der Waals surface area (Å²) in [5.74, 6) is 0.153. The van der Waals surface area contributed by atoms with Crippen LogP contribution in [-0.4, -0.2) is 17.3 Å². The van der Waals surface area contributed by atoms with E-state index in [4.69, 9.17) is 14.2 Å². The minimum absolute atomic E-state index is 0.00572. The van der Waals surface area contributed by atoms with E-state index in [0.29, 0.717) is 6.42 Å². The fourth-order valence-corrected chi connectivity index (χ4v) is 3.41. The summed E-state index contributed by atoms with van der Waals surface area (Å²) in [6, 6.07) is 15.1. The van der Waals surface area contributed by atoms with Gasteiger partial charge < -0.3 is 19.3 Å². The molecule has 2 heterocycles. The van der Waals surface area contributed by atoms with Gasteiger partial charge in [-0.1, -0.05) is 30.3 Å². The van der Waals surface area contributed by atoms with Crippen LogP contribution < -0.4 is 4.74 Å². The number of ether oxygens (including phenoxy) is 3. The smallest absolute Gasteiger partial charge is 0.203 e. The van der Waals surface area contributed by atoms with Gasteiger partial charge in [-0.2, -0.15) is 0 Å². The normalized spacial score (nSPS) is 32.5. The standard InChI is InChI=1S/C19H20O4/c1-12-13(2)23-19(22-12)11-18(14-7-3-5-9-16(14)20)21-17-10-6-4-8-15(17)19/h3-10,12-13,18,20H,11H2,1-2H3. The van der Waals surface area contributed by atoms with Crippen LogP contribution in [0.2, 0.25) is 0 Å². The zero-order chi connectivity index (χ0) is 16.0. The highest BCUT2D eigenvalue weighted by Crippen LogP contribution is 2.52. The summed E-state index contributed by atoms with van der Waals surface area (Å²) in [4.78, 5) is 0. The van der Waals surface area contributed by atoms with Gasteiger partial charge in [0.05, 0.1) is 17.8 Å². The third-order valence-corrected chi connectivity index (χ3v) is 4.72. The lowest BCUT2D eigenvalue weighted by Gasteiger charge is -2.38. The zero-order valence-electron chi connectivity index (χ0n) is 13.2. The molecule has 1 spiro atoms. The summed E-state index contributed by atoms with van der Waals surface area (Å²) in [5.41, 5.74) is 1.67. The van der Waals surface area contributed by atoms with Crippen LogP contribution in [0.5, 0.6) is 11.5 Å². The van der Waals surface area contributed by atoms with Crippen LogP contribution in [0.1, 0.15) is 37.5 Å². The lowest BCUT2D eigenvalue weighted by molar-refractivity contribution is -0.209. The molecule has 0 saturated carbocycles. The van der Waals surface area contributed by atoms with E-state index in [1.807, 2.05) is 50.2 Å². The third-order valence-electron chi connectivity index (χ3n) is 4.72. The quantitative estimate of drug-likeness (QED) is 0.868. The summed E-state index contributed by atoms with van der Waals surface area (Å²) >= 11 is 0. The van der Waals surface area contributed by atoms with Crippen molar-refractivity contribution in [2.75, 3.05) is 0 Å². The van der Waals surface area contributed by atoms with Gasteiger partial charge in [-0.25, -0.2) is 0 Å². The highest BCUT2D eigenvalue weighted by atomic mass is 16.8. The second-order valence-corrected chi connectivity index (χ2v) is 6.26. The first-order valence-corrected chi connectivity index (χ1v) is 7.99. The molecule has 2 aromatic carbocycles. The number of phenols is 1. The number of benzene rings is 2. The molecule has 3 atom stereocenters. The fraction of sp³-hybridized carbons (Fsp3) is 0.368. The minimum Gasteiger partial charge on any atom is -0.508 e. The SMILES string of the molecule is CC1OC2(CC(c3ccccc3O)Oc3ccccc32)OC1C. The van der Waals surface area contributed by atoms with Crippen molar-refractivity contribution in [2.24, 2.45) is 0 Å². The van der Waals surface area contributed by atoms with E-state index < -0.39 is 5.79 Å². The predicted molar refractivity (Wildman–Crippen MR) is 85.3 cm³/mol. The maximum absolute atomic E-state index is 10.2. The van der Waals surface area contributed by atoms with E-state index in [1.54, 1.807) is 12.1 Å².